The summed E-state index contributed by atoms with van der Waals surface area (Å²) in [5.41, 5.74) is 0.602. The lowest BCUT2D eigenvalue weighted by atomic mass is 10.3. The molecule has 0 aliphatic carbocycles. The van der Waals surface area contributed by atoms with Gasteiger partial charge >= 0.3 is 0 Å². The number of hydrogen-bond donors (Lipinski definition) is 1. The molecule has 0 spiro atoms. The Morgan fingerprint density at radius 2 is 1.96 bits per heavy atom. The minimum atomic E-state index is -0.296. The maximum atomic E-state index is 13.5. The van der Waals surface area contributed by atoms with Crippen LogP contribution in [0.3, 0.4) is 0 Å². The van der Waals surface area contributed by atoms with E-state index >= 15 is 0 Å². The van der Waals surface area contributed by atoms with Crippen molar-refractivity contribution in [2.45, 2.75) is 11.3 Å². The summed E-state index contributed by atoms with van der Waals surface area (Å²) in [6.07, 6.45) is 0.224. The number of amides is 2. The van der Waals surface area contributed by atoms with Crippen LogP contribution in [0.15, 0.2) is 53.4 Å². The summed E-state index contributed by atoms with van der Waals surface area (Å²) in [6, 6.07) is 13.4. The molecule has 0 aromatic heterocycles. The Morgan fingerprint density at radius 3 is 2.69 bits per heavy atom. The molecule has 0 bridgehead atoms. The molecule has 26 heavy (non-hydrogen) atoms. The van der Waals surface area contributed by atoms with Gasteiger partial charge in [-0.25, -0.2) is 4.39 Å². The quantitative estimate of drug-likeness (QED) is 0.718. The zero-order valence-corrected chi connectivity index (χ0v) is 15.5. The van der Waals surface area contributed by atoms with Crippen molar-refractivity contribution < 1.29 is 18.7 Å². The van der Waals surface area contributed by atoms with E-state index in [4.69, 9.17) is 4.74 Å². The van der Waals surface area contributed by atoms with Gasteiger partial charge in [-0.05, 0) is 24.3 Å². The lowest BCUT2D eigenvalue weighted by Gasteiger charge is -2.17. The van der Waals surface area contributed by atoms with Crippen molar-refractivity contribution in [1.82, 2.24) is 4.90 Å². The van der Waals surface area contributed by atoms with E-state index < -0.39 is 0 Å². The molecule has 2 amide bonds. The molecule has 2 rings (SSSR count). The van der Waals surface area contributed by atoms with Gasteiger partial charge in [-0.1, -0.05) is 18.2 Å². The number of hydrogen-bond acceptors (Lipinski definition) is 4. The number of ether oxygens (including phenoxy) is 1. The van der Waals surface area contributed by atoms with Crippen LogP contribution in [0.4, 0.5) is 10.1 Å². The van der Waals surface area contributed by atoms with Crippen LogP contribution in [0.1, 0.15) is 6.42 Å². The maximum Gasteiger partial charge on any atom is 0.243 e. The van der Waals surface area contributed by atoms with Gasteiger partial charge in [0.15, 0.2) is 0 Å². The molecule has 0 atom stereocenters. The molecule has 7 heteroatoms. The number of benzene rings is 2. The average Bonchev–Trinajstić information content (AvgIpc) is 2.63. The van der Waals surface area contributed by atoms with Crippen molar-refractivity contribution in [3.8, 4) is 5.75 Å². The van der Waals surface area contributed by atoms with E-state index in [1.807, 2.05) is 0 Å². The van der Waals surface area contributed by atoms with E-state index in [0.717, 1.165) is 0 Å². The van der Waals surface area contributed by atoms with Crippen molar-refractivity contribution in [3.05, 3.63) is 54.3 Å². The molecule has 0 aliphatic rings. The Bertz CT molecular complexity index is 770. The number of likely N-dealkylation sites (N-methyl/N-ethyl adjacent to an activating group) is 1. The van der Waals surface area contributed by atoms with Gasteiger partial charge in [0.2, 0.25) is 11.8 Å². The number of thioether (sulfide) groups is 1. The highest BCUT2D eigenvalue weighted by Crippen LogP contribution is 2.22. The Labute approximate surface area is 156 Å². The van der Waals surface area contributed by atoms with Crippen molar-refractivity contribution >= 4 is 29.3 Å². The predicted molar refractivity (Wildman–Crippen MR) is 101 cm³/mol. The first-order valence-electron chi connectivity index (χ1n) is 8.05. The van der Waals surface area contributed by atoms with Gasteiger partial charge < -0.3 is 15.0 Å². The molecule has 2 aromatic carbocycles. The molecule has 0 unspecified atom stereocenters. The third-order valence-electron chi connectivity index (χ3n) is 3.57. The normalized spacial score (nSPS) is 10.3. The zero-order chi connectivity index (χ0) is 18.9. The number of carbonyl (C=O) groups is 2. The maximum absolute atomic E-state index is 13.5. The Morgan fingerprint density at radius 1 is 1.19 bits per heavy atom. The molecule has 0 aliphatic heterocycles. The van der Waals surface area contributed by atoms with Crippen LogP contribution < -0.4 is 10.1 Å². The van der Waals surface area contributed by atoms with Crippen LogP contribution in [0.25, 0.3) is 0 Å². The second-order valence-electron chi connectivity index (χ2n) is 5.56. The van der Waals surface area contributed by atoms with E-state index in [0.29, 0.717) is 22.1 Å². The minimum Gasteiger partial charge on any atom is -0.497 e. The van der Waals surface area contributed by atoms with Gasteiger partial charge in [-0.3, -0.25) is 9.59 Å². The number of methoxy groups -OCH3 is 1. The summed E-state index contributed by atoms with van der Waals surface area (Å²) in [5.74, 6) is 0.320. The standard InChI is InChI=1S/C19H21FN2O3S/c1-22(13-18(23)21-14-6-5-7-15(12-14)25-2)19(24)10-11-26-17-9-4-3-8-16(17)20/h3-9,12H,10-11,13H2,1-2H3,(H,21,23). The first kappa shape index (κ1) is 19.8. The third-order valence-corrected chi connectivity index (χ3v) is 4.62. The van der Waals surface area contributed by atoms with E-state index in [2.05, 4.69) is 5.32 Å². The number of halogens is 1. The monoisotopic (exact) mass is 376 g/mol. The van der Waals surface area contributed by atoms with E-state index in [1.165, 1.54) is 22.7 Å². The Balaban J connectivity index is 1.77. The van der Waals surface area contributed by atoms with Gasteiger partial charge in [0.25, 0.3) is 0 Å². The summed E-state index contributed by atoms with van der Waals surface area (Å²) in [5, 5.41) is 2.72. The molecule has 1 N–H and O–H groups in total. The van der Waals surface area contributed by atoms with Gasteiger partial charge in [-0.15, -0.1) is 11.8 Å². The molecule has 0 saturated carbocycles. The molecule has 2 aromatic rings. The molecular weight excluding hydrogens is 355 g/mol. The molecule has 0 radical (unpaired) electrons. The Kier molecular flexibility index (Phi) is 7.47. The molecule has 0 saturated heterocycles. The summed E-state index contributed by atoms with van der Waals surface area (Å²) in [7, 11) is 3.12. The molecule has 0 fully saturated rings. The van der Waals surface area contributed by atoms with Crippen LogP contribution >= 0.6 is 11.8 Å². The van der Waals surface area contributed by atoms with Crippen molar-refractivity contribution in [3.63, 3.8) is 0 Å². The molecule has 0 heterocycles. The number of carbonyl (C=O) groups excluding carboxylic acids is 2. The third kappa shape index (κ3) is 6.07. The smallest absolute Gasteiger partial charge is 0.243 e. The van der Waals surface area contributed by atoms with Gasteiger partial charge in [-0.2, -0.15) is 0 Å². The van der Waals surface area contributed by atoms with Crippen molar-refractivity contribution in [1.29, 1.82) is 0 Å². The fraction of sp³-hybridized carbons (Fsp3) is 0.263. The lowest BCUT2D eigenvalue weighted by Crippen LogP contribution is -2.35. The van der Waals surface area contributed by atoms with E-state index in [1.54, 1.807) is 56.6 Å². The number of nitrogens with one attached hydrogen (secondary N) is 1. The van der Waals surface area contributed by atoms with Crippen molar-refractivity contribution in [2.75, 3.05) is 31.8 Å². The largest absolute Gasteiger partial charge is 0.497 e. The van der Waals surface area contributed by atoms with E-state index in [-0.39, 0.29) is 30.6 Å². The van der Waals surface area contributed by atoms with Gasteiger partial charge in [0.05, 0.1) is 13.7 Å². The van der Waals surface area contributed by atoms with Crippen LogP contribution in [0.5, 0.6) is 5.75 Å². The highest BCUT2D eigenvalue weighted by Gasteiger charge is 2.13. The number of anilines is 1. The lowest BCUT2D eigenvalue weighted by molar-refractivity contribution is -0.132. The SMILES string of the molecule is COc1cccc(NC(=O)CN(C)C(=O)CCSc2ccccc2F)c1. The first-order chi connectivity index (χ1) is 12.5. The first-order valence-corrected chi connectivity index (χ1v) is 9.03. The van der Waals surface area contributed by atoms with Crippen molar-refractivity contribution in [2.24, 2.45) is 0 Å². The fourth-order valence-corrected chi connectivity index (χ4v) is 3.08. The second-order valence-corrected chi connectivity index (χ2v) is 6.70. The average molecular weight is 376 g/mol. The number of nitrogens with zero attached hydrogens (tertiary/aromatic N) is 1. The summed E-state index contributed by atoms with van der Waals surface area (Å²) in [6.45, 7) is -0.0552. The van der Waals surface area contributed by atoms with E-state index in [9.17, 15) is 14.0 Å². The van der Waals surface area contributed by atoms with Crippen LogP contribution in [0, 0.1) is 5.82 Å². The highest BCUT2D eigenvalue weighted by molar-refractivity contribution is 7.99. The van der Waals surface area contributed by atoms with Crippen LogP contribution in [-0.4, -0.2) is 43.2 Å². The predicted octanol–water partition coefficient (Wildman–Crippen LogP) is 3.41. The highest BCUT2D eigenvalue weighted by atomic mass is 32.2. The molecular formula is C19H21FN2O3S. The minimum absolute atomic E-state index is 0.0552. The molecule has 138 valence electrons. The van der Waals surface area contributed by atoms with Gasteiger partial charge in [0.1, 0.15) is 11.6 Å². The summed E-state index contributed by atoms with van der Waals surface area (Å²) < 4.78 is 18.6. The Hall–Kier alpha value is -2.54. The molecule has 5 nitrogen and oxygen atoms in total. The van der Waals surface area contributed by atoms with Gasteiger partial charge in [0, 0.05) is 35.9 Å². The van der Waals surface area contributed by atoms with Crippen LogP contribution in [0.2, 0.25) is 0 Å². The zero-order valence-electron chi connectivity index (χ0n) is 14.7. The summed E-state index contributed by atoms with van der Waals surface area (Å²) in [4.78, 5) is 26.1. The summed E-state index contributed by atoms with van der Waals surface area (Å²) >= 11 is 1.28. The number of rotatable bonds is 8. The fourth-order valence-electron chi connectivity index (χ4n) is 2.21. The topological polar surface area (TPSA) is 58.6 Å². The second kappa shape index (κ2) is 9.82. The van der Waals surface area contributed by atoms with Crippen LogP contribution in [-0.2, 0) is 9.59 Å².